The molecule has 2 aliphatic rings. The van der Waals surface area contributed by atoms with Crippen molar-refractivity contribution in [1.82, 2.24) is 20.0 Å². The molecule has 2 fully saturated rings. The van der Waals surface area contributed by atoms with Crippen LogP contribution in [0.4, 0.5) is 0 Å². The van der Waals surface area contributed by atoms with Crippen LogP contribution in [-0.2, 0) is 9.59 Å². The molecule has 0 aromatic rings. The molecular formula is C18H32N4O2. The minimum Gasteiger partial charge on any atom is -0.351 e. The van der Waals surface area contributed by atoms with Gasteiger partial charge in [-0.1, -0.05) is 18.9 Å². The molecule has 0 aliphatic carbocycles. The van der Waals surface area contributed by atoms with Gasteiger partial charge in [0.2, 0.25) is 11.8 Å². The third kappa shape index (κ3) is 5.60. The number of amides is 2. The van der Waals surface area contributed by atoms with E-state index in [2.05, 4.69) is 21.7 Å². The first-order valence-corrected chi connectivity index (χ1v) is 9.24. The largest absolute Gasteiger partial charge is 0.351 e. The van der Waals surface area contributed by atoms with Crippen molar-refractivity contribution < 1.29 is 9.59 Å². The zero-order chi connectivity index (χ0) is 17.4. The molecule has 136 valence electrons. The van der Waals surface area contributed by atoms with Crippen LogP contribution < -0.4 is 5.32 Å². The van der Waals surface area contributed by atoms with Crippen LogP contribution in [-0.4, -0.2) is 84.9 Å². The monoisotopic (exact) mass is 336 g/mol. The molecule has 6 nitrogen and oxygen atoms in total. The summed E-state index contributed by atoms with van der Waals surface area (Å²) >= 11 is 0. The average Bonchev–Trinajstić information content (AvgIpc) is 2.89. The van der Waals surface area contributed by atoms with E-state index < -0.39 is 0 Å². The quantitative estimate of drug-likeness (QED) is 0.726. The fraction of sp³-hybridized carbons (Fsp3) is 0.778. The van der Waals surface area contributed by atoms with Gasteiger partial charge in [-0.25, -0.2) is 0 Å². The van der Waals surface area contributed by atoms with Crippen molar-refractivity contribution in [1.29, 1.82) is 0 Å². The van der Waals surface area contributed by atoms with E-state index in [9.17, 15) is 9.59 Å². The van der Waals surface area contributed by atoms with Crippen LogP contribution in [0.15, 0.2) is 12.7 Å². The number of rotatable bonds is 6. The van der Waals surface area contributed by atoms with E-state index in [0.717, 1.165) is 52.1 Å². The van der Waals surface area contributed by atoms with Gasteiger partial charge in [0, 0.05) is 45.8 Å². The molecule has 0 saturated carbocycles. The molecule has 2 rings (SSSR count). The molecule has 0 aromatic carbocycles. The van der Waals surface area contributed by atoms with Crippen molar-refractivity contribution in [3.05, 3.63) is 12.7 Å². The minimum atomic E-state index is -0.131. The molecule has 1 unspecified atom stereocenters. The molecule has 24 heavy (non-hydrogen) atoms. The highest BCUT2D eigenvalue weighted by atomic mass is 16.2. The van der Waals surface area contributed by atoms with Crippen molar-refractivity contribution in [2.75, 3.05) is 52.4 Å². The smallest absolute Gasteiger partial charge is 0.237 e. The van der Waals surface area contributed by atoms with Gasteiger partial charge in [-0.15, -0.1) is 6.58 Å². The Morgan fingerprint density at radius 2 is 1.67 bits per heavy atom. The first-order chi connectivity index (χ1) is 11.6. The predicted octanol–water partition coefficient (Wildman–Crippen LogP) is 0.697. The van der Waals surface area contributed by atoms with Gasteiger partial charge < -0.3 is 10.2 Å². The number of hydrogen-bond acceptors (Lipinski definition) is 4. The number of hydrogen-bond donors (Lipinski definition) is 1. The van der Waals surface area contributed by atoms with Crippen LogP contribution in [0.5, 0.6) is 0 Å². The number of likely N-dealkylation sites (tertiary alicyclic amines) is 1. The van der Waals surface area contributed by atoms with Crippen molar-refractivity contribution in [2.24, 2.45) is 0 Å². The van der Waals surface area contributed by atoms with Crippen molar-refractivity contribution in [3.63, 3.8) is 0 Å². The van der Waals surface area contributed by atoms with E-state index in [-0.39, 0.29) is 17.9 Å². The number of nitrogens with one attached hydrogen (secondary N) is 1. The third-order valence-electron chi connectivity index (χ3n) is 5.07. The molecule has 2 amide bonds. The number of nitrogens with zero attached hydrogens (tertiary/aromatic N) is 3. The van der Waals surface area contributed by atoms with Crippen molar-refractivity contribution >= 4 is 11.8 Å². The third-order valence-corrected chi connectivity index (χ3v) is 5.07. The van der Waals surface area contributed by atoms with Crippen LogP contribution in [0.2, 0.25) is 0 Å². The second-order valence-corrected chi connectivity index (χ2v) is 6.82. The second kappa shape index (κ2) is 9.79. The number of piperazine rings is 1. The Bertz CT molecular complexity index is 425. The molecule has 2 aliphatic heterocycles. The van der Waals surface area contributed by atoms with Crippen LogP contribution in [0.1, 0.15) is 32.6 Å². The Balaban J connectivity index is 1.72. The summed E-state index contributed by atoms with van der Waals surface area (Å²) in [5, 5.41) is 2.85. The highest BCUT2D eigenvalue weighted by Crippen LogP contribution is 2.11. The lowest BCUT2D eigenvalue weighted by atomic mass is 10.2. The second-order valence-electron chi connectivity index (χ2n) is 6.82. The summed E-state index contributed by atoms with van der Waals surface area (Å²) < 4.78 is 0. The summed E-state index contributed by atoms with van der Waals surface area (Å²) in [4.78, 5) is 30.9. The van der Waals surface area contributed by atoms with E-state index in [1.54, 1.807) is 6.08 Å². The molecule has 0 bridgehead atoms. The lowest BCUT2D eigenvalue weighted by molar-refractivity contribution is -0.133. The molecule has 2 heterocycles. The molecule has 0 spiro atoms. The highest BCUT2D eigenvalue weighted by molar-refractivity contribution is 5.81. The van der Waals surface area contributed by atoms with E-state index in [1.165, 1.54) is 12.8 Å². The van der Waals surface area contributed by atoms with Gasteiger partial charge in [0.05, 0.1) is 12.6 Å². The lowest BCUT2D eigenvalue weighted by Crippen LogP contribution is -2.55. The summed E-state index contributed by atoms with van der Waals surface area (Å²) in [6.07, 6.45) is 6.45. The maximum Gasteiger partial charge on any atom is 0.237 e. The summed E-state index contributed by atoms with van der Waals surface area (Å²) in [6, 6.07) is -0.131. The summed E-state index contributed by atoms with van der Waals surface area (Å²) in [5.41, 5.74) is 0. The summed E-state index contributed by atoms with van der Waals surface area (Å²) in [6.45, 7) is 11.8. The molecular weight excluding hydrogens is 304 g/mol. The Hall–Kier alpha value is -1.40. The number of carbonyl (C=O) groups is 2. The van der Waals surface area contributed by atoms with Gasteiger partial charge in [0.25, 0.3) is 0 Å². The van der Waals surface area contributed by atoms with Crippen LogP contribution >= 0.6 is 0 Å². The Morgan fingerprint density at radius 3 is 2.25 bits per heavy atom. The van der Waals surface area contributed by atoms with Crippen molar-refractivity contribution in [3.8, 4) is 0 Å². The zero-order valence-corrected chi connectivity index (χ0v) is 15.0. The maximum absolute atomic E-state index is 12.5. The summed E-state index contributed by atoms with van der Waals surface area (Å²) in [5.74, 6) is 0.311. The topological polar surface area (TPSA) is 55.9 Å². The first-order valence-electron chi connectivity index (χ1n) is 9.24. The van der Waals surface area contributed by atoms with Gasteiger partial charge in [-0.05, 0) is 19.8 Å². The highest BCUT2D eigenvalue weighted by Gasteiger charge is 2.27. The Kier molecular flexibility index (Phi) is 7.72. The van der Waals surface area contributed by atoms with Gasteiger partial charge in [0.1, 0.15) is 0 Å². The van der Waals surface area contributed by atoms with Gasteiger partial charge >= 0.3 is 0 Å². The molecule has 0 radical (unpaired) electrons. The van der Waals surface area contributed by atoms with E-state index in [0.29, 0.717) is 13.1 Å². The van der Waals surface area contributed by atoms with Crippen LogP contribution in [0.25, 0.3) is 0 Å². The molecule has 1 N–H and O–H groups in total. The van der Waals surface area contributed by atoms with Gasteiger partial charge in [-0.3, -0.25) is 19.4 Å². The fourth-order valence-electron chi connectivity index (χ4n) is 3.41. The van der Waals surface area contributed by atoms with E-state index in [1.807, 2.05) is 11.8 Å². The maximum atomic E-state index is 12.5. The molecule has 2 saturated heterocycles. The van der Waals surface area contributed by atoms with Gasteiger partial charge in [0.15, 0.2) is 0 Å². The first kappa shape index (κ1) is 18.9. The molecule has 6 heteroatoms. The van der Waals surface area contributed by atoms with E-state index >= 15 is 0 Å². The average molecular weight is 336 g/mol. The van der Waals surface area contributed by atoms with Crippen molar-refractivity contribution in [2.45, 2.75) is 38.6 Å². The zero-order valence-electron chi connectivity index (χ0n) is 15.0. The lowest BCUT2D eigenvalue weighted by Gasteiger charge is -2.37. The Morgan fingerprint density at radius 1 is 1.04 bits per heavy atom. The van der Waals surface area contributed by atoms with Gasteiger partial charge in [-0.2, -0.15) is 0 Å². The summed E-state index contributed by atoms with van der Waals surface area (Å²) in [7, 11) is 0. The fourth-order valence-corrected chi connectivity index (χ4v) is 3.41. The number of carbonyl (C=O) groups excluding carboxylic acids is 2. The standard InChI is InChI=1S/C18H32N4O2/c1-3-8-19-18(24)16(2)21-13-11-20(12-14-21)15-17(23)22-9-6-4-5-7-10-22/h3,16H,1,4-15H2,2H3,(H,19,24). The SMILES string of the molecule is C=CCNC(=O)C(C)N1CCN(CC(=O)N2CCCCCC2)CC1. The van der Waals surface area contributed by atoms with Crippen LogP contribution in [0, 0.1) is 0 Å². The predicted molar refractivity (Wildman–Crippen MR) is 95.7 cm³/mol. The molecule has 1 atom stereocenters. The minimum absolute atomic E-state index is 0.0454. The normalized spacial score (nSPS) is 21.8. The molecule has 0 aromatic heterocycles. The van der Waals surface area contributed by atoms with Crippen LogP contribution in [0.3, 0.4) is 0 Å². The Labute approximate surface area is 145 Å². The van der Waals surface area contributed by atoms with E-state index in [4.69, 9.17) is 0 Å².